The van der Waals surface area contributed by atoms with E-state index in [1.807, 2.05) is 19.1 Å². The number of amides is 2. The zero-order valence-corrected chi connectivity index (χ0v) is 26.8. The van der Waals surface area contributed by atoms with Gasteiger partial charge in [-0.15, -0.1) is 0 Å². The number of allylic oxidation sites excluding steroid dienone is 1. The minimum absolute atomic E-state index is 0.196. The van der Waals surface area contributed by atoms with Crippen molar-refractivity contribution in [2.45, 2.75) is 31.0 Å². The molecule has 0 atom stereocenters. The molecule has 0 aliphatic carbocycles. The maximum absolute atomic E-state index is 12.7. The summed E-state index contributed by atoms with van der Waals surface area (Å²) in [6.07, 6.45) is 5.41. The van der Waals surface area contributed by atoms with Gasteiger partial charge in [-0.1, -0.05) is 36.9 Å². The van der Waals surface area contributed by atoms with Crippen molar-refractivity contribution in [1.29, 1.82) is 0 Å². The highest BCUT2D eigenvalue weighted by Crippen LogP contribution is 2.23. The lowest BCUT2D eigenvalue weighted by Gasteiger charge is -2.37. The van der Waals surface area contributed by atoms with Crippen LogP contribution in [0.25, 0.3) is 0 Å². The number of nitrogens with zero attached hydrogens (tertiary/aromatic N) is 1. The van der Waals surface area contributed by atoms with Crippen LogP contribution in [0.1, 0.15) is 18.9 Å². The monoisotopic (exact) mass is 623 g/mol. The molecule has 0 saturated carbocycles. The van der Waals surface area contributed by atoms with Crippen LogP contribution in [0.4, 0.5) is 0 Å². The molecule has 2 amide bonds. The molecule has 0 spiro atoms. The Balaban J connectivity index is 1.29. The normalized spacial score (nSPS) is 26.3. The van der Waals surface area contributed by atoms with Gasteiger partial charge < -0.3 is 47.7 Å². The number of benzene rings is 1. The molecule has 12 nitrogen and oxygen atoms in total. The first-order valence-corrected chi connectivity index (χ1v) is 16.2. The molecule has 0 radical (unpaired) electrons. The van der Waals surface area contributed by atoms with Gasteiger partial charge in [0.05, 0.1) is 28.8 Å². The molecule has 0 unspecified atom stereocenters. The first-order chi connectivity index (χ1) is 21.9. The van der Waals surface area contributed by atoms with E-state index < -0.39 is 0 Å². The number of rotatable bonds is 10. The van der Waals surface area contributed by atoms with Gasteiger partial charge >= 0.3 is 0 Å². The topological polar surface area (TPSA) is 157 Å². The van der Waals surface area contributed by atoms with E-state index in [1.54, 1.807) is 12.2 Å². The summed E-state index contributed by atoms with van der Waals surface area (Å²) in [4.78, 5) is 26.6. The van der Waals surface area contributed by atoms with Gasteiger partial charge in [0.15, 0.2) is 0 Å². The van der Waals surface area contributed by atoms with E-state index in [0.29, 0.717) is 37.3 Å². The lowest BCUT2D eigenvalue weighted by molar-refractivity contribution is -0.137. The van der Waals surface area contributed by atoms with Gasteiger partial charge in [-0.25, -0.2) is 0 Å². The minimum Gasteiger partial charge on any atom is -0.494 e. The van der Waals surface area contributed by atoms with E-state index in [2.05, 4.69) is 55.9 Å². The second kappa shape index (κ2) is 17.7. The van der Waals surface area contributed by atoms with E-state index in [1.165, 1.54) is 11.0 Å². The van der Waals surface area contributed by atoms with Gasteiger partial charge in [-0.2, -0.15) is 0 Å². The van der Waals surface area contributed by atoms with Crippen molar-refractivity contribution >= 4 is 11.8 Å². The molecule has 4 heterocycles. The largest absolute Gasteiger partial charge is 0.494 e. The SMILES string of the molecule is C=CC1=C(/C=C\C)C(=O)N(CCCOc2ccc(CNC34CNCCNCC(N)(CNCCNC3)CNCCNC4)cc2)C1=O. The molecule has 4 aliphatic heterocycles. The Morgan fingerprint density at radius 3 is 1.87 bits per heavy atom. The van der Waals surface area contributed by atoms with Crippen molar-refractivity contribution in [3.05, 3.63) is 65.8 Å². The Morgan fingerprint density at radius 1 is 0.844 bits per heavy atom. The Morgan fingerprint density at radius 2 is 1.36 bits per heavy atom. The number of fused-ring (bicyclic) bond motifs is 15. The first-order valence-electron chi connectivity index (χ1n) is 16.2. The van der Waals surface area contributed by atoms with Gasteiger partial charge in [0.1, 0.15) is 5.75 Å². The third-order valence-electron chi connectivity index (χ3n) is 8.42. The molecule has 1 aromatic carbocycles. The van der Waals surface area contributed by atoms with Gasteiger partial charge in [0, 0.05) is 91.6 Å². The Hall–Kier alpha value is -2.94. The summed E-state index contributed by atoms with van der Waals surface area (Å²) >= 11 is 0. The van der Waals surface area contributed by atoms with Crippen molar-refractivity contribution in [2.75, 3.05) is 91.7 Å². The molecule has 2 bridgehead atoms. The summed E-state index contributed by atoms with van der Waals surface area (Å²) in [7, 11) is 0. The fourth-order valence-corrected chi connectivity index (χ4v) is 5.84. The van der Waals surface area contributed by atoms with Crippen LogP contribution in [-0.4, -0.2) is 119 Å². The summed E-state index contributed by atoms with van der Waals surface area (Å²) in [6, 6.07) is 8.10. The number of carbonyl (C=O) groups is 2. The maximum atomic E-state index is 12.7. The van der Waals surface area contributed by atoms with Crippen molar-refractivity contribution in [1.82, 2.24) is 42.1 Å². The molecule has 45 heavy (non-hydrogen) atoms. The van der Waals surface area contributed by atoms with Crippen LogP contribution < -0.4 is 47.7 Å². The molecule has 9 N–H and O–H groups in total. The van der Waals surface area contributed by atoms with Crippen molar-refractivity contribution in [3.8, 4) is 5.75 Å². The molecule has 248 valence electrons. The molecule has 12 heteroatoms. The third-order valence-corrected chi connectivity index (χ3v) is 8.42. The molecule has 5 rings (SSSR count). The fraction of sp³-hybridized carbons (Fsp3) is 0.576. The maximum Gasteiger partial charge on any atom is 0.261 e. The number of hydrogen-bond acceptors (Lipinski definition) is 11. The predicted molar refractivity (Wildman–Crippen MR) is 179 cm³/mol. The molecule has 4 aliphatic rings. The summed E-state index contributed by atoms with van der Waals surface area (Å²) in [6.45, 7) is 16.7. The van der Waals surface area contributed by atoms with Gasteiger partial charge in [0.25, 0.3) is 11.8 Å². The van der Waals surface area contributed by atoms with E-state index in [0.717, 1.165) is 89.9 Å². The number of nitrogens with one attached hydrogen (secondary N) is 7. The summed E-state index contributed by atoms with van der Waals surface area (Å²) in [5.41, 5.74) is 8.09. The van der Waals surface area contributed by atoms with Crippen LogP contribution in [0.3, 0.4) is 0 Å². The molecule has 3 saturated heterocycles. The van der Waals surface area contributed by atoms with E-state index in [9.17, 15) is 9.59 Å². The number of hydrogen-bond donors (Lipinski definition) is 8. The second-order valence-electron chi connectivity index (χ2n) is 12.2. The lowest BCUT2D eigenvalue weighted by atomic mass is 9.97. The summed E-state index contributed by atoms with van der Waals surface area (Å²) < 4.78 is 5.94. The fourth-order valence-electron chi connectivity index (χ4n) is 5.84. The highest BCUT2D eigenvalue weighted by molar-refractivity contribution is 6.21. The Kier molecular flexibility index (Phi) is 13.7. The van der Waals surface area contributed by atoms with Crippen LogP contribution in [0.2, 0.25) is 0 Å². The summed E-state index contributed by atoms with van der Waals surface area (Å²) in [5, 5.41) is 25.5. The molecular weight excluding hydrogens is 570 g/mol. The third kappa shape index (κ3) is 10.3. The lowest BCUT2D eigenvalue weighted by Crippen LogP contribution is -2.66. The molecule has 3 fully saturated rings. The van der Waals surface area contributed by atoms with Crippen LogP contribution in [0.5, 0.6) is 5.75 Å². The van der Waals surface area contributed by atoms with Gasteiger partial charge in [0.2, 0.25) is 0 Å². The van der Waals surface area contributed by atoms with Crippen LogP contribution in [0.15, 0.2) is 60.2 Å². The minimum atomic E-state index is -0.335. The van der Waals surface area contributed by atoms with Crippen molar-refractivity contribution < 1.29 is 14.3 Å². The average molecular weight is 624 g/mol. The number of imide groups is 1. The number of ether oxygens (including phenoxy) is 1. The Bertz CT molecular complexity index is 1140. The zero-order chi connectivity index (χ0) is 32.0. The number of carbonyl (C=O) groups excluding carboxylic acids is 2. The van der Waals surface area contributed by atoms with Crippen LogP contribution in [0, 0.1) is 0 Å². The van der Waals surface area contributed by atoms with E-state index >= 15 is 0 Å². The smallest absolute Gasteiger partial charge is 0.261 e. The van der Waals surface area contributed by atoms with Gasteiger partial charge in [-0.05, 0) is 31.0 Å². The van der Waals surface area contributed by atoms with Crippen molar-refractivity contribution in [2.24, 2.45) is 5.73 Å². The highest BCUT2D eigenvalue weighted by Gasteiger charge is 2.35. The predicted octanol–water partition coefficient (Wildman–Crippen LogP) is -1.03. The van der Waals surface area contributed by atoms with Crippen LogP contribution >= 0.6 is 0 Å². The van der Waals surface area contributed by atoms with Gasteiger partial charge in [-0.3, -0.25) is 14.5 Å². The molecule has 0 aromatic heterocycles. The standard InChI is InChI=1S/C33H53N9O3/c1-3-6-29-28(4-2)30(43)42(31(29)44)17-5-18-45-27-9-7-26(8-10-27)19-41-33-23-38-14-11-35-20-32(34,21-36-12-15-39-24-33)22-37-13-16-40-25-33/h3-4,6-10,35-41H,2,5,11-25,34H2,1H3/b6-3-. The Labute approximate surface area is 268 Å². The molecular formula is C33H53N9O3. The van der Waals surface area contributed by atoms with Crippen molar-refractivity contribution in [3.63, 3.8) is 0 Å². The zero-order valence-electron chi connectivity index (χ0n) is 26.8. The van der Waals surface area contributed by atoms with E-state index in [-0.39, 0.29) is 22.9 Å². The highest BCUT2D eigenvalue weighted by atomic mass is 16.5. The second-order valence-corrected chi connectivity index (χ2v) is 12.2. The first kappa shape index (κ1) is 34.9. The number of nitrogens with two attached hydrogens (primary N) is 1. The summed E-state index contributed by atoms with van der Waals surface area (Å²) in [5.74, 6) is 0.176. The molecule has 1 aromatic rings. The quantitative estimate of drug-likeness (QED) is 0.119. The average Bonchev–Trinajstić information content (AvgIpc) is 3.26. The van der Waals surface area contributed by atoms with Crippen LogP contribution in [-0.2, 0) is 16.1 Å². The van der Waals surface area contributed by atoms with E-state index in [4.69, 9.17) is 10.5 Å².